The molecule has 0 aromatic carbocycles. The minimum Gasteiger partial charge on any atom is -0.390 e. The molecule has 1 aliphatic heterocycles. The molecule has 0 saturated carbocycles. The Morgan fingerprint density at radius 3 is 2.71 bits per heavy atom. The standard InChI is InChI=1S/C13H29N3O/c1-5-16-7-6-13(11(2)9-16)14-8-12(17)10-15(3)4/h11-14,17H,5-10H2,1-4H3. The number of piperidine rings is 1. The van der Waals surface area contributed by atoms with Crippen molar-refractivity contribution in [2.75, 3.05) is 46.8 Å². The van der Waals surface area contributed by atoms with E-state index >= 15 is 0 Å². The smallest absolute Gasteiger partial charge is 0.0791 e. The second-order valence-corrected chi connectivity index (χ2v) is 5.59. The van der Waals surface area contributed by atoms with E-state index in [1.807, 2.05) is 19.0 Å². The van der Waals surface area contributed by atoms with Crippen LogP contribution in [0, 0.1) is 5.92 Å². The summed E-state index contributed by atoms with van der Waals surface area (Å²) < 4.78 is 0. The van der Waals surface area contributed by atoms with Crippen LogP contribution in [0.2, 0.25) is 0 Å². The van der Waals surface area contributed by atoms with Crippen molar-refractivity contribution in [3.8, 4) is 0 Å². The molecule has 0 radical (unpaired) electrons. The highest BCUT2D eigenvalue weighted by Crippen LogP contribution is 2.16. The second-order valence-electron chi connectivity index (χ2n) is 5.59. The first kappa shape index (κ1) is 14.9. The van der Waals surface area contributed by atoms with Gasteiger partial charge in [0.15, 0.2) is 0 Å². The van der Waals surface area contributed by atoms with E-state index in [1.165, 1.54) is 19.5 Å². The molecule has 1 aliphatic rings. The monoisotopic (exact) mass is 243 g/mol. The molecular weight excluding hydrogens is 214 g/mol. The van der Waals surface area contributed by atoms with Gasteiger partial charge in [-0.2, -0.15) is 0 Å². The number of likely N-dealkylation sites (tertiary alicyclic amines) is 1. The Labute approximate surface area is 106 Å². The Bertz CT molecular complexity index is 211. The van der Waals surface area contributed by atoms with Crippen LogP contribution in [0.1, 0.15) is 20.3 Å². The molecule has 1 saturated heterocycles. The Kier molecular flexibility index (Phi) is 6.41. The first-order valence-corrected chi connectivity index (χ1v) is 6.81. The highest BCUT2D eigenvalue weighted by atomic mass is 16.3. The zero-order chi connectivity index (χ0) is 12.8. The van der Waals surface area contributed by atoms with Crippen LogP contribution in [0.4, 0.5) is 0 Å². The fraction of sp³-hybridized carbons (Fsp3) is 1.00. The maximum absolute atomic E-state index is 9.82. The van der Waals surface area contributed by atoms with Gasteiger partial charge in [0.1, 0.15) is 0 Å². The van der Waals surface area contributed by atoms with Gasteiger partial charge in [-0.05, 0) is 39.5 Å². The zero-order valence-corrected chi connectivity index (χ0v) is 11.8. The maximum atomic E-state index is 9.82. The van der Waals surface area contributed by atoms with Crippen LogP contribution in [0.15, 0.2) is 0 Å². The van der Waals surface area contributed by atoms with E-state index in [0.29, 0.717) is 18.5 Å². The molecule has 1 rings (SSSR count). The third-order valence-electron chi connectivity index (χ3n) is 3.63. The first-order chi connectivity index (χ1) is 8.02. The van der Waals surface area contributed by atoms with Crippen LogP contribution in [0.3, 0.4) is 0 Å². The summed E-state index contributed by atoms with van der Waals surface area (Å²) in [7, 11) is 3.98. The highest BCUT2D eigenvalue weighted by molar-refractivity contribution is 4.83. The molecule has 0 bridgehead atoms. The molecule has 17 heavy (non-hydrogen) atoms. The molecule has 0 amide bonds. The number of aliphatic hydroxyl groups is 1. The SMILES string of the molecule is CCN1CCC(NCC(O)CN(C)C)C(C)C1. The van der Waals surface area contributed by atoms with E-state index in [-0.39, 0.29) is 6.10 Å². The minimum atomic E-state index is -0.263. The van der Waals surface area contributed by atoms with Gasteiger partial charge < -0.3 is 20.2 Å². The predicted molar refractivity (Wildman–Crippen MR) is 72.2 cm³/mol. The fourth-order valence-electron chi connectivity index (χ4n) is 2.60. The zero-order valence-electron chi connectivity index (χ0n) is 11.8. The maximum Gasteiger partial charge on any atom is 0.0791 e. The van der Waals surface area contributed by atoms with Crippen LogP contribution in [0.25, 0.3) is 0 Å². The molecule has 0 aliphatic carbocycles. The van der Waals surface area contributed by atoms with Crippen molar-refractivity contribution in [2.24, 2.45) is 5.92 Å². The van der Waals surface area contributed by atoms with Crippen molar-refractivity contribution in [2.45, 2.75) is 32.4 Å². The van der Waals surface area contributed by atoms with E-state index in [1.54, 1.807) is 0 Å². The van der Waals surface area contributed by atoms with Crippen LogP contribution in [0.5, 0.6) is 0 Å². The van der Waals surface area contributed by atoms with Crippen LogP contribution < -0.4 is 5.32 Å². The largest absolute Gasteiger partial charge is 0.390 e. The lowest BCUT2D eigenvalue weighted by molar-refractivity contribution is 0.110. The molecule has 0 spiro atoms. The van der Waals surface area contributed by atoms with E-state index in [0.717, 1.165) is 13.1 Å². The number of rotatable bonds is 6. The van der Waals surface area contributed by atoms with Crippen LogP contribution in [-0.2, 0) is 0 Å². The topological polar surface area (TPSA) is 38.7 Å². The lowest BCUT2D eigenvalue weighted by Crippen LogP contribution is -2.50. The Hall–Kier alpha value is -0.160. The number of likely N-dealkylation sites (N-methyl/N-ethyl adjacent to an activating group) is 1. The average Bonchev–Trinajstić information content (AvgIpc) is 2.26. The minimum absolute atomic E-state index is 0.263. The molecule has 3 atom stereocenters. The molecule has 102 valence electrons. The Balaban J connectivity index is 2.23. The van der Waals surface area contributed by atoms with Crippen LogP contribution >= 0.6 is 0 Å². The number of aliphatic hydroxyl groups excluding tert-OH is 1. The summed E-state index contributed by atoms with van der Waals surface area (Å²) >= 11 is 0. The molecule has 2 N–H and O–H groups in total. The van der Waals surface area contributed by atoms with Crippen molar-refractivity contribution >= 4 is 0 Å². The van der Waals surface area contributed by atoms with Crippen molar-refractivity contribution < 1.29 is 5.11 Å². The van der Waals surface area contributed by atoms with Gasteiger partial charge in [0.2, 0.25) is 0 Å². The fourth-order valence-corrected chi connectivity index (χ4v) is 2.60. The van der Waals surface area contributed by atoms with Crippen molar-refractivity contribution in [3.05, 3.63) is 0 Å². The normalized spacial score (nSPS) is 28.6. The van der Waals surface area contributed by atoms with Crippen LogP contribution in [-0.4, -0.2) is 73.9 Å². The summed E-state index contributed by atoms with van der Waals surface area (Å²) in [5.74, 6) is 0.676. The van der Waals surface area contributed by atoms with Gasteiger partial charge in [0.25, 0.3) is 0 Å². The summed E-state index contributed by atoms with van der Waals surface area (Å²) in [6.45, 7) is 9.48. The summed E-state index contributed by atoms with van der Waals surface area (Å²) in [5.41, 5.74) is 0. The molecular formula is C13H29N3O. The van der Waals surface area contributed by atoms with Gasteiger partial charge in [0.05, 0.1) is 6.10 Å². The van der Waals surface area contributed by atoms with Gasteiger partial charge in [-0.1, -0.05) is 13.8 Å². The summed E-state index contributed by atoms with van der Waals surface area (Å²) in [5, 5.41) is 13.3. The quantitative estimate of drug-likeness (QED) is 0.700. The van der Waals surface area contributed by atoms with Gasteiger partial charge in [-0.25, -0.2) is 0 Å². The van der Waals surface area contributed by atoms with Gasteiger partial charge >= 0.3 is 0 Å². The summed E-state index contributed by atoms with van der Waals surface area (Å²) in [4.78, 5) is 4.52. The van der Waals surface area contributed by atoms with E-state index in [4.69, 9.17) is 0 Å². The number of nitrogens with zero attached hydrogens (tertiary/aromatic N) is 2. The second kappa shape index (κ2) is 7.31. The van der Waals surface area contributed by atoms with Crippen molar-refractivity contribution in [3.63, 3.8) is 0 Å². The van der Waals surface area contributed by atoms with Crippen molar-refractivity contribution in [1.82, 2.24) is 15.1 Å². The lowest BCUT2D eigenvalue weighted by atomic mass is 9.93. The summed E-state index contributed by atoms with van der Waals surface area (Å²) in [6, 6.07) is 0.564. The predicted octanol–water partition coefficient (Wildman–Crippen LogP) is 0.229. The Morgan fingerprint density at radius 1 is 1.47 bits per heavy atom. The molecule has 3 unspecified atom stereocenters. The first-order valence-electron chi connectivity index (χ1n) is 6.81. The molecule has 4 heteroatoms. The van der Waals surface area contributed by atoms with E-state index in [9.17, 15) is 5.11 Å². The summed E-state index contributed by atoms with van der Waals surface area (Å²) in [6.07, 6.45) is 0.936. The number of hydrogen-bond donors (Lipinski definition) is 2. The van der Waals surface area contributed by atoms with Gasteiger partial charge in [-0.3, -0.25) is 0 Å². The molecule has 1 fully saturated rings. The van der Waals surface area contributed by atoms with Gasteiger partial charge in [-0.15, -0.1) is 0 Å². The highest BCUT2D eigenvalue weighted by Gasteiger charge is 2.25. The number of hydrogen-bond acceptors (Lipinski definition) is 4. The molecule has 4 nitrogen and oxygen atoms in total. The van der Waals surface area contributed by atoms with E-state index in [2.05, 4.69) is 24.1 Å². The lowest BCUT2D eigenvalue weighted by Gasteiger charge is -2.37. The number of nitrogens with one attached hydrogen (secondary N) is 1. The Morgan fingerprint density at radius 2 is 2.18 bits per heavy atom. The third-order valence-corrected chi connectivity index (χ3v) is 3.63. The molecule has 0 aromatic rings. The van der Waals surface area contributed by atoms with Gasteiger partial charge in [0, 0.05) is 25.7 Å². The third kappa shape index (κ3) is 5.34. The van der Waals surface area contributed by atoms with E-state index < -0.39 is 0 Å². The molecule has 0 aromatic heterocycles. The average molecular weight is 243 g/mol. The molecule has 1 heterocycles. The van der Waals surface area contributed by atoms with Crippen molar-refractivity contribution in [1.29, 1.82) is 0 Å².